The minimum atomic E-state index is -0.913. The lowest BCUT2D eigenvalue weighted by Crippen LogP contribution is -2.39. The van der Waals surface area contributed by atoms with Crippen LogP contribution in [0.4, 0.5) is 4.39 Å². The van der Waals surface area contributed by atoms with Gasteiger partial charge in [-0.3, -0.25) is 9.59 Å². The van der Waals surface area contributed by atoms with Crippen molar-refractivity contribution in [1.29, 1.82) is 0 Å². The molecule has 0 heterocycles. The number of hydrogen-bond acceptors (Lipinski definition) is 2. The first-order valence-corrected chi connectivity index (χ1v) is 9.77. The number of rotatable bonds is 4. The molecule has 4 nitrogen and oxygen atoms in total. The van der Waals surface area contributed by atoms with Gasteiger partial charge >= 0.3 is 0 Å². The molecule has 2 aromatic rings. The molecule has 0 fully saturated rings. The first-order chi connectivity index (χ1) is 13.3. The van der Waals surface area contributed by atoms with Crippen molar-refractivity contribution in [3.63, 3.8) is 0 Å². The number of benzene rings is 2. The first kappa shape index (κ1) is 22.6. The Bertz CT molecular complexity index is 858. The summed E-state index contributed by atoms with van der Waals surface area (Å²) < 4.78 is 13.3. The summed E-state index contributed by atoms with van der Waals surface area (Å²) in [4.78, 5) is 25.5. The van der Waals surface area contributed by atoms with E-state index in [4.69, 9.17) is 0 Å². The van der Waals surface area contributed by atoms with E-state index in [0.717, 1.165) is 11.1 Å². The van der Waals surface area contributed by atoms with Crippen molar-refractivity contribution >= 4 is 11.8 Å². The number of carbonyl (C=O) groups is 2. The highest BCUT2D eigenvalue weighted by Gasteiger charge is 2.26. The Labute approximate surface area is 172 Å². The van der Waals surface area contributed by atoms with Gasteiger partial charge in [0, 0.05) is 12.6 Å². The number of carbonyl (C=O) groups excluding carboxylic acids is 2. The molecule has 2 aromatic carbocycles. The molecule has 0 bridgehead atoms. The third kappa shape index (κ3) is 5.66. The van der Waals surface area contributed by atoms with Crippen LogP contribution in [0.3, 0.4) is 0 Å². The highest BCUT2D eigenvalue weighted by Crippen LogP contribution is 2.30. The Morgan fingerprint density at radius 3 is 1.76 bits per heavy atom. The zero-order chi connectivity index (χ0) is 22.0. The zero-order valence-corrected chi connectivity index (χ0v) is 18.3. The van der Waals surface area contributed by atoms with E-state index in [1.165, 1.54) is 31.3 Å². The number of likely N-dealkylation sites (N-methyl/N-ethyl adjacent to an activating group) is 1. The second-order valence-electron chi connectivity index (χ2n) is 9.37. The van der Waals surface area contributed by atoms with E-state index in [1.54, 1.807) is 0 Å². The van der Waals surface area contributed by atoms with Crippen LogP contribution in [0.5, 0.6) is 0 Å². The minimum Gasteiger partial charge on any atom is -0.357 e. The summed E-state index contributed by atoms with van der Waals surface area (Å²) in [5, 5.41) is 5.36. The van der Waals surface area contributed by atoms with E-state index < -0.39 is 11.9 Å². The molecule has 5 heteroatoms. The fourth-order valence-corrected chi connectivity index (χ4v) is 2.94. The molecule has 0 spiro atoms. The monoisotopic (exact) mass is 398 g/mol. The molecule has 1 atom stereocenters. The summed E-state index contributed by atoms with van der Waals surface area (Å²) in [6.45, 7) is 12.6. The molecule has 2 N–H and O–H groups in total. The maximum atomic E-state index is 13.3. The van der Waals surface area contributed by atoms with Gasteiger partial charge in [0.05, 0.1) is 0 Å². The predicted octanol–water partition coefficient (Wildman–Crippen LogP) is 4.64. The van der Waals surface area contributed by atoms with Crippen molar-refractivity contribution in [2.75, 3.05) is 7.05 Å². The van der Waals surface area contributed by atoms with Crippen LogP contribution in [0.25, 0.3) is 0 Å². The molecule has 0 aliphatic heterocycles. The van der Waals surface area contributed by atoms with Crippen LogP contribution < -0.4 is 10.6 Å². The molecule has 0 aliphatic carbocycles. The maximum absolute atomic E-state index is 13.3. The average molecular weight is 399 g/mol. The summed E-state index contributed by atoms with van der Waals surface area (Å²) in [7, 11) is 1.50. The number of amides is 2. The Hall–Kier alpha value is -2.69. The van der Waals surface area contributed by atoms with Crippen LogP contribution in [-0.2, 0) is 15.6 Å². The van der Waals surface area contributed by atoms with Gasteiger partial charge in [0.15, 0.2) is 0 Å². The van der Waals surface area contributed by atoms with E-state index in [1.807, 2.05) is 12.1 Å². The van der Waals surface area contributed by atoms with Gasteiger partial charge in [-0.15, -0.1) is 0 Å². The molecule has 0 saturated carbocycles. The lowest BCUT2D eigenvalue weighted by molar-refractivity contribution is -0.122. The lowest BCUT2D eigenvalue weighted by atomic mass is 9.79. The van der Waals surface area contributed by atoms with E-state index >= 15 is 0 Å². The van der Waals surface area contributed by atoms with Crippen molar-refractivity contribution in [3.05, 3.63) is 70.5 Å². The molecule has 2 rings (SSSR count). The van der Waals surface area contributed by atoms with E-state index in [2.05, 4.69) is 58.2 Å². The van der Waals surface area contributed by atoms with Gasteiger partial charge < -0.3 is 10.6 Å². The Morgan fingerprint density at radius 1 is 0.862 bits per heavy atom. The van der Waals surface area contributed by atoms with Gasteiger partial charge in [0.1, 0.15) is 11.9 Å². The lowest BCUT2D eigenvalue weighted by Gasteiger charge is -2.26. The van der Waals surface area contributed by atoms with Gasteiger partial charge in [-0.1, -0.05) is 59.7 Å². The third-order valence-electron chi connectivity index (χ3n) is 4.91. The second kappa shape index (κ2) is 8.36. The smallest absolute Gasteiger partial charge is 0.252 e. The summed E-state index contributed by atoms with van der Waals surface area (Å²) in [6, 6.07) is 10.5. The van der Waals surface area contributed by atoms with Crippen molar-refractivity contribution in [3.8, 4) is 0 Å². The molecule has 0 aliphatic rings. The molecule has 0 unspecified atom stereocenters. The molecule has 0 saturated heterocycles. The summed E-state index contributed by atoms with van der Waals surface area (Å²) in [5.41, 5.74) is 2.85. The number of nitrogens with one attached hydrogen (secondary N) is 2. The molecule has 0 radical (unpaired) electrons. The van der Waals surface area contributed by atoms with Crippen LogP contribution in [0.1, 0.15) is 74.6 Å². The Kier molecular flexibility index (Phi) is 6.51. The van der Waals surface area contributed by atoms with Crippen molar-refractivity contribution < 1.29 is 14.0 Å². The fraction of sp³-hybridized carbons (Fsp3) is 0.417. The zero-order valence-electron chi connectivity index (χ0n) is 18.3. The summed E-state index contributed by atoms with van der Waals surface area (Å²) in [6.07, 6.45) is 0. The number of halogens is 1. The fourth-order valence-electron chi connectivity index (χ4n) is 2.94. The summed E-state index contributed by atoms with van der Waals surface area (Å²) >= 11 is 0. The molecular weight excluding hydrogens is 367 g/mol. The largest absolute Gasteiger partial charge is 0.357 e. The highest BCUT2D eigenvalue weighted by molar-refractivity contribution is 5.98. The van der Waals surface area contributed by atoms with Crippen molar-refractivity contribution in [1.82, 2.24) is 10.6 Å². The molecule has 156 valence electrons. The second-order valence-corrected chi connectivity index (χ2v) is 9.37. The highest BCUT2D eigenvalue weighted by atomic mass is 19.1. The molecule has 0 aromatic heterocycles. The van der Waals surface area contributed by atoms with E-state index in [-0.39, 0.29) is 22.6 Å². The standard InChI is InChI=1S/C24H31FN2O2/c1-23(2,3)17-12-16(13-18(14-17)24(4,5)6)21(28)27-20(22(29)26-7)15-8-10-19(25)11-9-15/h8-14,20H,1-7H3,(H,26,29)(H,27,28)/t20-/m0/s1. The predicted molar refractivity (Wildman–Crippen MR) is 115 cm³/mol. The number of hydrogen-bond donors (Lipinski definition) is 2. The first-order valence-electron chi connectivity index (χ1n) is 9.77. The van der Waals surface area contributed by atoms with E-state index in [9.17, 15) is 14.0 Å². The van der Waals surface area contributed by atoms with Crippen LogP contribution in [0, 0.1) is 5.82 Å². The van der Waals surface area contributed by atoms with Crippen LogP contribution in [-0.4, -0.2) is 18.9 Å². The van der Waals surface area contributed by atoms with Crippen LogP contribution in [0.15, 0.2) is 42.5 Å². The summed E-state index contributed by atoms with van der Waals surface area (Å²) in [5.74, 6) is -1.11. The van der Waals surface area contributed by atoms with Crippen LogP contribution in [0.2, 0.25) is 0 Å². The Morgan fingerprint density at radius 2 is 1.34 bits per heavy atom. The van der Waals surface area contributed by atoms with Crippen molar-refractivity contribution in [2.45, 2.75) is 58.4 Å². The van der Waals surface area contributed by atoms with Gasteiger partial charge in [-0.05, 0) is 51.8 Å². The van der Waals surface area contributed by atoms with Gasteiger partial charge in [0.2, 0.25) is 5.91 Å². The van der Waals surface area contributed by atoms with Gasteiger partial charge in [-0.25, -0.2) is 4.39 Å². The van der Waals surface area contributed by atoms with Gasteiger partial charge in [-0.2, -0.15) is 0 Å². The van der Waals surface area contributed by atoms with E-state index in [0.29, 0.717) is 11.1 Å². The van der Waals surface area contributed by atoms with Gasteiger partial charge in [0.25, 0.3) is 5.91 Å². The topological polar surface area (TPSA) is 58.2 Å². The normalized spacial score (nSPS) is 13.0. The van der Waals surface area contributed by atoms with Crippen LogP contribution >= 0.6 is 0 Å². The van der Waals surface area contributed by atoms with Crippen molar-refractivity contribution in [2.24, 2.45) is 0 Å². The molecule has 2 amide bonds. The average Bonchev–Trinajstić information content (AvgIpc) is 2.64. The third-order valence-corrected chi connectivity index (χ3v) is 4.91. The maximum Gasteiger partial charge on any atom is 0.252 e. The molecule has 29 heavy (non-hydrogen) atoms. The molecular formula is C24H31FN2O2. The quantitative estimate of drug-likeness (QED) is 0.788. The minimum absolute atomic E-state index is 0.132. The Balaban J connectivity index is 2.45. The SMILES string of the molecule is CNC(=O)[C@@H](NC(=O)c1cc(C(C)(C)C)cc(C(C)(C)C)c1)c1ccc(F)cc1.